The predicted octanol–water partition coefficient (Wildman–Crippen LogP) is 2.13. The normalized spacial score (nSPS) is 42.8. The minimum Gasteiger partial charge on any atom is -0.328 e. The van der Waals surface area contributed by atoms with Crippen LogP contribution in [0.25, 0.3) is 0 Å². The number of nitrogens with zero attached hydrogens (tertiary/aromatic N) is 1. The van der Waals surface area contributed by atoms with E-state index in [1.54, 1.807) is 0 Å². The van der Waals surface area contributed by atoms with Crippen molar-refractivity contribution in [2.45, 2.75) is 27.2 Å². The molecule has 0 radical (unpaired) electrons. The Balaban J connectivity index is 2.73. The topological polar surface area (TPSA) is 0 Å². The zero-order valence-electron chi connectivity index (χ0n) is 8.65. The molecule has 0 bridgehead atoms. The lowest BCUT2D eigenvalue weighted by Crippen LogP contribution is -2.38. The standard InChI is InChI=1S/C10H22N/c1-6-10(3)8-11(4,5)7-9(10)2/h9H,6-8H2,1-5H3/q+1. The molecule has 2 unspecified atom stereocenters. The molecule has 1 heterocycles. The van der Waals surface area contributed by atoms with Gasteiger partial charge in [-0.2, -0.15) is 0 Å². The van der Waals surface area contributed by atoms with E-state index in [-0.39, 0.29) is 0 Å². The van der Waals surface area contributed by atoms with Gasteiger partial charge in [-0.25, -0.2) is 0 Å². The van der Waals surface area contributed by atoms with Gasteiger partial charge < -0.3 is 4.48 Å². The third-order valence-corrected chi connectivity index (χ3v) is 3.55. The van der Waals surface area contributed by atoms with Gasteiger partial charge >= 0.3 is 0 Å². The highest BCUT2D eigenvalue weighted by atomic mass is 15.3. The molecule has 1 rings (SSSR count). The van der Waals surface area contributed by atoms with Crippen LogP contribution < -0.4 is 0 Å². The van der Waals surface area contributed by atoms with E-state index < -0.39 is 0 Å². The van der Waals surface area contributed by atoms with Crippen LogP contribution in [0.15, 0.2) is 0 Å². The van der Waals surface area contributed by atoms with E-state index in [4.69, 9.17) is 0 Å². The second kappa shape index (κ2) is 2.48. The van der Waals surface area contributed by atoms with Crippen molar-refractivity contribution in [1.82, 2.24) is 0 Å². The van der Waals surface area contributed by atoms with Gasteiger partial charge in [-0.05, 0) is 6.42 Å². The highest BCUT2D eigenvalue weighted by molar-refractivity contribution is 4.83. The number of hydrogen-bond donors (Lipinski definition) is 0. The van der Waals surface area contributed by atoms with Crippen molar-refractivity contribution in [2.75, 3.05) is 27.2 Å². The zero-order chi connectivity index (χ0) is 8.70. The molecule has 1 fully saturated rings. The van der Waals surface area contributed by atoms with Gasteiger partial charge in [0.15, 0.2) is 0 Å². The van der Waals surface area contributed by atoms with Crippen molar-refractivity contribution in [1.29, 1.82) is 0 Å². The Hall–Kier alpha value is -0.0400. The summed E-state index contributed by atoms with van der Waals surface area (Å²) in [5.41, 5.74) is 0.601. The Morgan fingerprint density at radius 3 is 2.18 bits per heavy atom. The molecule has 1 aliphatic heterocycles. The maximum atomic E-state index is 2.44. The molecule has 0 aromatic carbocycles. The van der Waals surface area contributed by atoms with E-state index in [9.17, 15) is 0 Å². The molecule has 66 valence electrons. The van der Waals surface area contributed by atoms with Crippen molar-refractivity contribution >= 4 is 0 Å². The van der Waals surface area contributed by atoms with E-state index in [1.807, 2.05) is 0 Å². The predicted molar refractivity (Wildman–Crippen MR) is 49.4 cm³/mol. The summed E-state index contributed by atoms with van der Waals surface area (Å²) in [6, 6.07) is 0. The molecule has 0 spiro atoms. The molecule has 1 heteroatoms. The van der Waals surface area contributed by atoms with Crippen molar-refractivity contribution in [3.05, 3.63) is 0 Å². The van der Waals surface area contributed by atoms with Gasteiger partial charge in [-0.3, -0.25) is 0 Å². The molecule has 1 nitrogen and oxygen atoms in total. The van der Waals surface area contributed by atoms with Gasteiger partial charge in [0.2, 0.25) is 0 Å². The molecule has 1 saturated heterocycles. The molecule has 0 saturated carbocycles. The van der Waals surface area contributed by atoms with Crippen molar-refractivity contribution in [2.24, 2.45) is 11.3 Å². The quantitative estimate of drug-likeness (QED) is 0.510. The van der Waals surface area contributed by atoms with Gasteiger partial charge in [0, 0.05) is 11.3 Å². The van der Waals surface area contributed by atoms with Gasteiger partial charge in [-0.1, -0.05) is 20.8 Å². The lowest BCUT2D eigenvalue weighted by atomic mass is 9.79. The van der Waals surface area contributed by atoms with Crippen LogP contribution in [0.1, 0.15) is 27.2 Å². The van der Waals surface area contributed by atoms with E-state index in [0.717, 1.165) is 5.92 Å². The average Bonchev–Trinajstić information content (AvgIpc) is 2.03. The largest absolute Gasteiger partial charge is 0.328 e. The fourth-order valence-corrected chi connectivity index (χ4v) is 2.62. The first-order valence-electron chi connectivity index (χ1n) is 4.72. The lowest BCUT2D eigenvalue weighted by Gasteiger charge is -2.27. The third kappa shape index (κ3) is 1.58. The van der Waals surface area contributed by atoms with Crippen LogP contribution in [-0.4, -0.2) is 31.7 Å². The molecule has 0 N–H and O–H groups in total. The maximum absolute atomic E-state index is 2.44. The summed E-state index contributed by atoms with van der Waals surface area (Å²) >= 11 is 0. The van der Waals surface area contributed by atoms with Crippen LogP contribution in [0.4, 0.5) is 0 Å². The Morgan fingerprint density at radius 2 is 2.00 bits per heavy atom. The minimum absolute atomic E-state index is 0.601. The van der Waals surface area contributed by atoms with Crippen LogP contribution in [0.5, 0.6) is 0 Å². The van der Waals surface area contributed by atoms with Crippen molar-refractivity contribution in [3.63, 3.8) is 0 Å². The van der Waals surface area contributed by atoms with Gasteiger partial charge in [0.05, 0.1) is 27.2 Å². The molecule has 0 aromatic heterocycles. The van der Waals surface area contributed by atoms with Gasteiger partial charge in [-0.15, -0.1) is 0 Å². The second-order valence-electron chi connectivity index (χ2n) is 5.19. The molecule has 0 amide bonds. The minimum atomic E-state index is 0.601. The van der Waals surface area contributed by atoms with Crippen molar-refractivity contribution < 1.29 is 4.48 Å². The van der Waals surface area contributed by atoms with Gasteiger partial charge in [0.1, 0.15) is 0 Å². The summed E-state index contributed by atoms with van der Waals surface area (Å²) in [6.07, 6.45) is 1.33. The summed E-state index contributed by atoms with van der Waals surface area (Å²) < 4.78 is 1.21. The van der Waals surface area contributed by atoms with E-state index >= 15 is 0 Å². The number of hydrogen-bond acceptors (Lipinski definition) is 0. The highest BCUT2D eigenvalue weighted by Crippen LogP contribution is 2.40. The zero-order valence-corrected chi connectivity index (χ0v) is 8.65. The van der Waals surface area contributed by atoms with Crippen LogP contribution >= 0.6 is 0 Å². The molecule has 2 atom stereocenters. The fraction of sp³-hybridized carbons (Fsp3) is 1.00. The first-order chi connectivity index (χ1) is 4.90. The van der Waals surface area contributed by atoms with Crippen LogP contribution in [0.2, 0.25) is 0 Å². The SMILES string of the molecule is CCC1(C)C[N+](C)(C)CC1C. The molecular formula is C10H22N+. The first-order valence-corrected chi connectivity index (χ1v) is 4.72. The molecule has 1 aliphatic rings. The fourth-order valence-electron chi connectivity index (χ4n) is 2.62. The summed E-state index contributed by atoms with van der Waals surface area (Å²) in [6.45, 7) is 9.86. The Labute approximate surface area is 71.0 Å². The Morgan fingerprint density at radius 1 is 1.45 bits per heavy atom. The smallest absolute Gasteiger partial charge is 0.0841 e. The van der Waals surface area contributed by atoms with E-state index in [1.165, 1.54) is 24.0 Å². The Bertz CT molecular complexity index is 151. The molecular weight excluding hydrogens is 134 g/mol. The highest BCUT2D eigenvalue weighted by Gasteiger charge is 2.45. The van der Waals surface area contributed by atoms with Crippen LogP contribution in [0.3, 0.4) is 0 Å². The number of quaternary nitrogens is 1. The summed E-state index contributed by atoms with van der Waals surface area (Å²) in [7, 11) is 4.69. The second-order valence-corrected chi connectivity index (χ2v) is 5.19. The summed E-state index contributed by atoms with van der Waals surface area (Å²) in [5, 5.41) is 0. The maximum Gasteiger partial charge on any atom is 0.0841 e. The summed E-state index contributed by atoms with van der Waals surface area (Å²) in [4.78, 5) is 0. The Kier molecular flexibility index (Phi) is 2.04. The average molecular weight is 156 g/mol. The van der Waals surface area contributed by atoms with Crippen molar-refractivity contribution in [3.8, 4) is 0 Å². The van der Waals surface area contributed by atoms with E-state index in [2.05, 4.69) is 34.9 Å². The first kappa shape index (κ1) is 9.05. The lowest BCUT2D eigenvalue weighted by molar-refractivity contribution is -0.882. The van der Waals surface area contributed by atoms with Gasteiger partial charge in [0.25, 0.3) is 0 Å². The molecule has 0 aliphatic carbocycles. The monoisotopic (exact) mass is 156 g/mol. The third-order valence-electron chi connectivity index (χ3n) is 3.55. The van der Waals surface area contributed by atoms with Crippen LogP contribution in [0, 0.1) is 11.3 Å². The number of likely N-dealkylation sites (tertiary alicyclic amines) is 1. The van der Waals surface area contributed by atoms with Crippen LogP contribution in [-0.2, 0) is 0 Å². The molecule has 0 aromatic rings. The summed E-state index contributed by atoms with van der Waals surface area (Å²) in [5.74, 6) is 0.891. The molecule has 11 heavy (non-hydrogen) atoms. The number of rotatable bonds is 1. The van der Waals surface area contributed by atoms with E-state index in [0.29, 0.717) is 5.41 Å².